The third-order valence-electron chi connectivity index (χ3n) is 4.28. The molecule has 0 aliphatic rings. The van der Waals surface area contributed by atoms with E-state index in [1.165, 1.54) is 22.5 Å². The lowest BCUT2D eigenvalue weighted by atomic mass is 10.2. The minimum Gasteiger partial charge on any atom is -0.481 e. The van der Waals surface area contributed by atoms with E-state index in [0.717, 1.165) is 17.8 Å². The summed E-state index contributed by atoms with van der Waals surface area (Å²) < 4.78 is 30.0. The Labute approximate surface area is 177 Å². The molecule has 0 aliphatic carbocycles. The van der Waals surface area contributed by atoms with Crippen LogP contribution in [0.5, 0.6) is 5.75 Å². The highest BCUT2D eigenvalue weighted by Crippen LogP contribution is 2.21. The Morgan fingerprint density at radius 1 is 1.21 bits per heavy atom. The standard InChI is InChI=1S/C21H28N2O4S2/c1-16-6-5-7-18(14-16)15-28-13-12-22-21(24)17(2)27-20-10-8-19(9-11-20)23(3)29(4,25)26/h5-11,14,17H,12-13,15H2,1-4H3,(H,22,24). The summed E-state index contributed by atoms with van der Waals surface area (Å²) in [5.41, 5.74) is 3.06. The molecule has 0 radical (unpaired) electrons. The van der Waals surface area contributed by atoms with Crippen LogP contribution in [0.2, 0.25) is 0 Å². The molecule has 1 unspecified atom stereocenters. The third kappa shape index (κ3) is 7.62. The predicted octanol–water partition coefficient (Wildman–Crippen LogP) is 3.21. The van der Waals surface area contributed by atoms with Crippen LogP contribution in [0.4, 0.5) is 5.69 Å². The Morgan fingerprint density at radius 2 is 1.90 bits per heavy atom. The average molecular weight is 437 g/mol. The highest BCUT2D eigenvalue weighted by atomic mass is 32.2. The fraction of sp³-hybridized carbons (Fsp3) is 0.381. The molecule has 29 heavy (non-hydrogen) atoms. The van der Waals surface area contributed by atoms with Crippen LogP contribution >= 0.6 is 11.8 Å². The molecule has 0 fully saturated rings. The first kappa shape index (κ1) is 23.1. The maximum atomic E-state index is 12.2. The quantitative estimate of drug-likeness (QED) is 0.579. The van der Waals surface area contributed by atoms with Crippen LogP contribution < -0.4 is 14.4 Å². The van der Waals surface area contributed by atoms with Gasteiger partial charge in [0.2, 0.25) is 10.0 Å². The number of aryl methyl sites for hydroxylation is 1. The van der Waals surface area contributed by atoms with Gasteiger partial charge < -0.3 is 10.1 Å². The number of thioether (sulfide) groups is 1. The van der Waals surface area contributed by atoms with E-state index in [-0.39, 0.29) is 5.91 Å². The highest BCUT2D eigenvalue weighted by Gasteiger charge is 2.15. The van der Waals surface area contributed by atoms with Gasteiger partial charge in [-0.2, -0.15) is 11.8 Å². The molecule has 8 heteroatoms. The van der Waals surface area contributed by atoms with Crippen molar-refractivity contribution in [1.29, 1.82) is 0 Å². The number of carbonyl (C=O) groups is 1. The zero-order chi connectivity index (χ0) is 21.4. The van der Waals surface area contributed by atoms with Gasteiger partial charge in [0.1, 0.15) is 5.75 Å². The van der Waals surface area contributed by atoms with Gasteiger partial charge in [0, 0.05) is 25.1 Å². The van der Waals surface area contributed by atoms with Crippen LogP contribution in [0.3, 0.4) is 0 Å². The molecule has 0 bridgehead atoms. The molecule has 158 valence electrons. The molecular weight excluding hydrogens is 408 g/mol. The molecule has 0 saturated carbocycles. The SMILES string of the molecule is Cc1cccc(CSCCNC(=O)C(C)Oc2ccc(N(C)S(C)(=O)=O)cc2)c1. The molecular formula is C21H28N2O4S2. The topological polar surface area (TPSA) is 75.7 Å². The van der Waals surface area contributed by atoms with Crippen molar-refractivity contribution in [3.8, 4) is 5.75 Å². The summed E-state index contributed by atoms with van der Waals surface area (Å²) in [4.78, 5) is 12.2. The predicted molar refractivity (Wildman–Crippen MR) is 120 cm³/mol. The number of nitrogens with one attached hydrogen (secondary N) is 1. The summed E-state index contributed by atoms with van der Waals surface area (Å²) >= 11 is 1.77. The lowest BCUT2D eigenvalue weighted by Crippen LogP contribution is -2.37. The van der Waals surface area contributed by atoms with E-state index in [2.05, 4.69) is 36.5 Å². The number of ether oxygens (including phenoxy) is 1. The summed E-state index contributed by atoms with van der Waals surface area (Å²) in [6.07, 6.45) is 0.499. The highest BCUT2D eigenvalue weighted by molar-refractivity contribution is 7.98. The first-order valence-electron chi connectivity index (χ1n) is 9.28. The van der Waals surface area contributed by atoms with E-state index in [1.807, 2.05) is 0 Å². The van der Waals surface area contributed by atoms with Crippen molar-refractivity contribution in [3.05, 3.63) is 59.7 Å². The maximum absolute atomic E-state index is 12.2. The number of benzene rings is 2. The van der Waals surface area contributed by atoms with Gasteiger partial charge in [-0.05, 0) is 43.7 Å². The molecule has 0 aromatic heterocycles. The van der Waals surface area contributed by atoms with Gasteiger partial charge in [-0.15, -0.1) is 0 Å². The van der Waals surface area contributed by atoms with Gasteiger partial charge in [-0.1, -0.05) is 29.8 Å². The molecule has 0 saturated heterocycles. The Hall–Kier alpha value is -2.19. The van der Waals surface area contributed by atoms with Crippen LogP contribution in [0, 0.1) is 6.92 Å². The molecule has 2 aromatic rings. The van der Waals surface area contributed by atoms with Crippen molar-refractivity contribution >= 4 is 33.4 Å². The maximum Gasteiger partial charge on any atom is 0.260 e. The molecule has 2 aromatic carbocycles. The van der Waals surface area contributed by atoms with E-state index in [0.29, 0.717) is 18.0 Å². The number of hydrogen-bond acceptors (Lipinski definition) is 5. The Balaban J connectivity index is 1.73. The van der Waals surface area contributed by atoms with Crippen LogP contribution in [0.15, 0.2) is 48.5 Å². The van der Waals surface area contributed by atoms with E-state index in [1.54, 1.807) is 43.0 Å². The van der Waals surface area contributed by atoms with Gasteiger partial charge in [0.25, 0.3) is 5.91 Å². The summed E-state index contributed by atoms with van der Waals surface area (Å²) in [6, 6.07) is 15.0. The zero-order valence-electron chi connectivity index (χ0n) is 17.2. The summed E-state index contributed by atoms with van der Waals surface area (Å²) in [5, 5.41) is 2.88. The molecule has 1 N–H and O–H groups in total. The van der Waals surface area contributed by atoms with Crippen LogP contribution in [0.25, 0.3) is 0 Å². The number of rotatable bonds is 10. The molecule has 1 atom stereocenters. The third-order valence-corrected chi connectivity index (χ3v) is 6.51. The zero-order valence-corrected chi connectivity index (χ0v) is 18.8. The van der Waals surface area contributed by atoms with Crippen molar-refractivity contribution in [2.24, 2.45) is 0 Å². The van der Waals surface area contributed by atoms with E-state index < -0.39 is 16.1 Å². The van der Waals surface area contributed by atoms with Gasteiger partial charge >= 0.3 is 0 Å². The number of carbonyl (C=O) groups excluding carboxylic acids is 1. The number of hydrogen-bond donors (Lipinski definition) is 1. The lowest BCUT2D eigenvalue weighted by molar-refractivity contribution is -0.127. The van der Waals surface area contributed by atoms with Gasteiger partial charge in [0.15, 0.2) is 6.10 Å². The number of sulfonamides is 1. The van der Waals surface area contributed by atoms with Crippen molar-refractivity contribution in [1.82, 2.24) is 5.32 Å². The van der Waals surface area contributed by atoms with Gasteiger partial charge in [0.05, 0.1) is 11.9 Å². The van der Waals surface area contributed by atoms with Crippen molar-refractivity contribution < 1.29 is 17.9 Å². The summed E-state index contributed by atoms with van der Waals surface area (Å²) in [5.74, 6) is 2.06. The van der Waals surface area contributed by atoms with Crippen molar-refractivity contribution in [2.45, 2.75) is 25.7 Å². The van der Waals surface area contributed by atoms with E-state index >= 15 is 0 Å². The van der Waals surface area contributed by atoms with Crippen molar-refractivity contribution in [2.75, 3.05) is 29.9 Å². The smallest absolute Gasteiger partial charge is 0.260 e. The molecule has 6 nitrogen and oxygen atoms in total. The summed E-state index contributed by atoms with van der Waals surface area (Å²) in [7, 11) is -1.83. The number of amides is 1. The molecule has 1 amide bonds. The van der Waals surface area contributed by atoms with E-state index in [4.69, 9.17) is 4.74 Å². The second-order valence-corrected chi connectivity index (χ2v) is 9.94. The number of anilines is 1. The van der Waals surface area contributed by atoms with Gasteiger partial charge in [-0.3, -0.25) is 9.10 Å². The Bertz CT molecular complexity index is 915. The van der Waals surface area contributed by atoms with Crippen LogP contribution in [0.1, 0.15) is 18.1 Å². The Kier molecular flexibility index (Phi) is 8.40. The monoisotopic (exact) mass is 436 g/mol. The molecule has 0 spiro atoms. The van der Waals surface area contributed by atoms with Gasteiger partial charge in [-0.25, -0.2) is 8.42 Å². The van der Waals surface area contributed by atoms with Crippen molar-refractivity contribution in [3.63, 3.8) is 0 Å². The van der Waals surface area contributed by atoms with E-state index in [9.17, 15) is 13.2 Å². The first-order chi connectivity index (χ1) is 13.7. The fourth-order valence-electron chi connectivity index (χ4n) is 2.57. The Morgan fingerprint density at radius 3 is 2.52 bits per heavy atom. The molecule has 2 rings (SSSR count). The lowest BCUT2D eigenvalue weighted by Gasteiger charge is -2.18. The van der Waals surface area contributed by atoms with Crippen LogP contribution in [-0.4, -0.2) is 46.0 Å². The minimum absolute atomic E-state index is 0.182. The average Bonchev–Trinajstić information content (AvgIpc) is 2.67. The molecule has 0 heterocycles. The van der Waals surface area contributed by atoms with Crippen LogP contribution in [-0.2, 0) is 20.6 Å². The second-order valence-electron chi connectivity index (χ2n) is 6.82. The first-order valence-corrected chi connectivity index (χ1v) is 12.3. The fourth-order valence-corrected chi connectivity index (χ4v) is 3.88. The largest absolute Gasteiger partial charge is 0.481 e. The second kappa shape index (κ2) is 10.5. The molecule has 0 aliphatic heterocycles. The summed E-state index contributed by atoms with van der Waals surface area (Å²) in [6.45, 7) is 4.33. The minimum atomic E-state index is -3.31. The normalized spacial score (nSPS) is 12.3. The number of nitrogens with zero attached hydrogens (tertiary/aromatic N) is 1.